The van der Waals surface area contributed by atoms with Crippen molar-refractivity contribution in [3.63, 3.8) is 0 Å². The Kier molecular flexibility index (Phi) is 5.76. The SMILES string of the molecule is CC(C)[C@H](CNC(=O)CCCc1c[nH]c2ccccc12)c1ccnn1C. The summed E-state index contributed by atoms with van der Waals surface area (Å²) in [5.74, 6) is 0.842. The van der Waals surface area contributed by atoms with E-state index in [9.17, 15) is 4.79 Å². The van der Waals surface area contributed by atoms with Gasteiger partial charge >= 0.3 is 0 Å². The van der Waals surface area contributed by atoms with Crippen LogP contribution in [0.3, 0.4) is 0 Å². The van der Waals surface area contributed by atoms with Crippen molar-refractivity contribution >= 4 is 16.8 Å². The Morgan fingerprint density at radius 1 is 1.27 bits per heavy atom. The minimum Gasteiger partial charge on any atom is -0.361 e. The topological polar surface area (TPSA) is 62.7 Å². The molecule has 0 fully saturated rings. The van der Waals surface area contributed by atoms with E-state index >= 15 is 0 Å². The number of nitrogens with zero attached hydrogens (tertiary/aromatic N) is 2. The number of hydrogen-bond acceptors (Lipinski definition) is 2. The second kappa shape index (κ2) is 8.21. The zero-order valence-corrected chi connectivity index (χ0v) is 15.8. The molecule has 5 heteroatoms. The lowest BCUT2D eigenvalue weighted by Crippen LogP contribution is -2.31. The molecule has 0 aliphatic heterocycles. The molecule has 2 aromatic heterocycles. The number of nitrogens with one attached hydrogen (secondary N) is 2. The van der Waals surface area contributed by atoms with E-state index in [1.165, 1.54) is 16.6 Å². The van der Waals surface area contributed by atoms with Crippen LogP contribution in [0, 0.1) is 5.92 Å². The molecule has 5 nitrogen and oxygen atoms in total. The lowest BCUT2D eigenvalue weighted by atomic mass is 9.92. The molecule has 0 aliphatic rings. The number of para-hydroxylation sites is 1. The van der Waals surface area contributed by atoms with Crippen LogP contribution in [-0.2, 0) is 18.3 Å². The van der Waals surface area contributed by atoms with E-state index in [0.29, 0.717) is 18.9 Å². The van der Waals surface area contributed by atoms with Gasteiger partial charge in [0.05, 0.1) is 0 Å². The van der Waals surface area contributed by atoms with Gasteiger partial charge in [-0.2, -0.15) is 5.10 Å². The zero-order chi connectivity index (χ0) is 18.5. The number of aromatic amines is 1. The van der Waals surface area contributed by atoms with Crippen molar-refractivity contribution in [2.45, 2.75) is 39.0 Å². The number of fused-ring (bicyclic) bond motifs is 1. The van der Waals surface area contributed by atoms with Gasteiger partial charge in [-0.1, -0.05) is 32.0 Å². The van der Waals surface area contributed by atoms with Gasteiger partial charge in [-0.3, -0.25) is 9.48 Å². The van der Waals surface area contributed by atoms with E-state index in [2.05, 4.69) is 53.6 Å². The molecule has 3 aromatic rings. The van der Waals surface area contributed by atoms with E-state index in [1.54, 1.807) is 0 Å². The number of aromatic nitrogens is 3. The van der Waals surface area contributed by atoms with Crippen LogP contribution in [0.4, 0.5) is 0 Å². The highest BCUT2D eigenvalue weighted by Crippen LogP contribution is 2.23. The fourth-order valence-electron chi connectivity index (χ4n) is 3.52. The van der Waals surface area contributed by atoms with Crippen LogP contribution in [0.5, 0.6) is 0 Å². The fourth-order valence-corrected chi connectivity index (χ4v) is 3.52. The average molecular weight is 352 g/mol. The summed E-state index contributed by atoms with van der Waals surface area (Å²) in [4.78, 5) is 15.6. The summed E-state index contributed by atoms with van der Waals surface area (Å²) in [6.07, 6.45) is 6.18. The first-order valence-electron chi connectivity index (χ1n) is 9.36. The molecule has 26 heavy (non-hydrogen) atoms. The van der Waals surface area contributed by atoms with Gasteiger partial charge < -0.3 is 10.3 Å². The third-order valence-corrected chi connectivity index (χ3v) is 5.09. The van der Waals surface area contributed by atoms with E-state index in [0.717, 1.165) is 18.4 Å². The normalized spacial score (nSPS) is 12.6. The molecule has 0 unspecified atom stereocenters. The standard InChI is InChI=1S/C21H28N4O/c1-15(2)18(20-11-12-24-25(20)3)14-23-21(26)10-6-7-16-13-22-19-9-5-4-8-17(16)19/h4-5,8-9,11-13,15,18,22H,6-7,10,14H2,1-3H3,(H,23,26)/t18-/m0/s1. The molecule has 2 heterocycles. The number of carbonyl (C=O) groups excluding carboxylic acids is 1. The average Bonchev–Trinajstić information content (AvgIpc) is 3.22. The van der Waals surface area contributed by atoms with Gasteiger partial charge in [0.25, 0.3) is 0 Å². The van der Waals surface area contributed by atoms with Gasteiger partial charge in [0, 0.05) is 54.9 Å². The lowest BCUT2D eigenvalue weighted by molar-refractivity contribution is -0.121. The number of rotatable bonds is 8. The van der Waals surface area contributed by atoms with Gasteiger partial charge in [0.15, 0.2) is 0 Å². The summed E-state index contributed by atoms with van der Waals surface area (Å²) >= 11 is 0. The van der Waals surface area contributed by atoms with Gasteiger partial charge in [-0.15, -0.1) is 0 Å². The second-order valence-electron chi connectivity index (χ2n) is 7.25. The second-order valence-corrected chi connectivity index (χ2v) is 7.25. The van der Waals surface area contributed by atoms with Crippen LogP contribution >= 0.6 is 0 Å². The summed E-state index contributed by atoms with van der Waals surface area (Å²) in [5.41, 5.74) is 3.60. The van der Waals surface area contributed by atoms with Crippen molar-refractivity contribution < 1.29 is 4.79 Å². The summed E-state index contributed by atoms with van der Waals surface area (Å²) in [5, 5.41) is 8.61. The predicted molar refractivity (Wildman–Crippen MR) is 105 cm³/mol. The van der Waals surface area contributed by atoms with Gasteiger partial charge in [0.2, 0.25) is 5.91 Å². The number of carbonyl (C=O) groups is 1. The van der Waals surface area contributed by atoms with Crippen LogP contribution < -0.4 is 5.32 Å². The third-order valence-electron chi connectivity index (χ3n) is 5.09. The molecule has 0 radical (unpaired) electrons. The van der Waals surface area contributed by atoms with Crippen molar-refractivity contribution in [3.05, 3.63) is 54.0 Å². The Balaban J connectivity index is 1.49. The lowest BCUT2D eigenvalue weighted by Gasteiger charge is -2.21. The van der Waals surface area contributed by atoms with Gasteiger partial charge in [0.1, 0.15) is 0 Å². The molecular weight excluding hydrogens is 324 g/mol. The van der Waals surface area contributed by atoms with Crippen molar-refractivity contribution in [1.29, 1.82) is 0 Å². The Hall–Kier alpha value is -2.56. The number of aryl methyl sites for hydroxylation is 2. The highest BCUT2D eigenvalue weighted by molar-refractivity contribution is 5.83. The number of benzene rings is 1. The maximum atomic E-state index is 12.3. The summed E-state index contributed by atoms with van der Waals surface area (Å²) in [6, 6.07) is 10.3. The number of hydrogen-bond donors (Lipinski definition) is 2. The number of H-pyrrole nitrogens is 1. The summed E-state index contributed by atoms with van der Waals surface area (Å²) < 4.78 is 1.90. The van der Waals surface area contributed by atoms with Crippen LogP contribution in [0.25, 0.3) is 10.9 Å². The fraction of sp³-hybridized carbons (Fsp3) is 0.429. The maximum Gasteiger partial charge on any atom is 0.220 e. The molecule has 0 saturated carbocycles. The summed E-state index contributed by atoms with van der Waals surface area (Å²) in [6.45, 7) is 5.02. The molecule has 1 atom stereocenters. The molecule has 0 bridgehead atoms. The van der Waals surface area contributed by atoms with Crippen molar-refractivity contribution in [1.82, 2.24) is 20.1 Å². The molecule has 138 valence electrons. The molecule has 1 amide bonds. The first-order valence-corrected chi connectivity index (χ1v) is 9.36. The molecule has 0 aliphatic carbocycles. The van der Waals surface area contributed by atoms with Crippen molar-refractivity contribution in [2.75, 3.05) is 6.54 Å². The molecule has 2 N–H and O–H groups in total. The van der Waals surface area contributed by atoms with Crippen LogP contribution in [0.2, 0.25) is 0 Å². The Morgan fingerprint density at radius 3 is 2.81 bits per heavy atom. The third kappa shape index (κ3) is 4.15. The minimum atomic E-state index is 0.123. The first kappa shape index (κ1) is 18.2. The van der Waals surface area contributed by atoms with E-state index < -0.39 is 0 Å². The van der Waals surface area contributed by atoms with Gasteiger partial charge in [-0.25, -0.2) is 0 Å². The predicted octanol–water partition coefficient (Wildman–Crippen LogP) is 3.78. The van der Waals surface area contributed by atoms with Crippen molar-refractivity contribution in [2.24, 2.45) is 13.0 Å². The molecule has 3 rings (SSSR count). The molecule has 1 aromatic carbocycles. The van der Waals surface area contributed by atoms with Crippen LogP contribution in [-0.4, -0.2) is 27.2 Å². The van der Waals surface area contributed by atoms with Crippen LogP contribution in [0.1, 0.15) is 43.9 Å². The first-order chi connectivity index (χ1) is 12.6. The number of amides is 1. The largest absolute Gasteiger partial charge is 0.361 e. The van der Waals surface area contributed by atoms with Crippen LogP contribution in [0.15, 0.2) is 42.7 Å². The zero-order valence-electron chi connectivity index (χ0n) is 15.8. The van der Waals surface area contributed by atoms with E-state index in [-0.39, 0.29) is 11.8 Å². The molecule has 0 saturated heterocycles. The van der Waals surface area contributed by atoms with Gasteiger partial charge in [-0.05, 0) is 36.5 Å². The Labute approximate surface area is 154 Å². The minimum absolute atomic E-state index is 0.123. The summed E-state index contributed by atoms with van der Waals surface area (Å²) in [7, 11) is 1.95. The molecular formula is C21H28N4O. The monoisotopic (exact) mass is 352 g/mol. The smallest absolute Gasteiger partial charge is 0.220 e. The van der Waals surface area contributed by atoms with E-state index in [4.69, 9.17) is 0 Å². The Morgan fingerprint density at radius 2 is 2.08 bits per heavy atom. The van der Waals surface area contributed by atoms with E-state index in [1.807, 2.05) is 30.1 Å². The van der Waals surface area contributed by atoms with Crippen molar-refractivity contribution in [3.8, 4) is 0 Å². The Bertz CT molecular complexity index is 862. The highest BCUT2D eigenvalue weighted by atomic mass is 16.1. The molecule has 0 spiro atoms. The highest BCUT2D eigenvalue weighted by Gasteiger charge is 2.19. The quantitative estimate of drug-likeness (QED) is 0.648. The maximum absolute atomic E-state index is 12.3.